The van der Waals surface area contributed by atoms with Gasteiger partial charge in [-0.1, -0.05) is 0 Å². The van der Waals surface area contributed by atoms with Crippen LogP contribution in [-0.4, -0.2) is 32.1 Å². The number of ether oxygens (including phenoxy) is 1. The van der Waals surface area contributed by atoms with E-state index in [0.29, 0.717) is 12.4 Å². The minimum Gasteiger partial charge on any atom is -0.492 e. The third kappa shape index (κ3) is 3.75. The van der Waals surface area contributed by atoms with E-state index in [1.807, 2.05) is 32.0 Å². The third-order valence-corrected chi connectivity index (χ3v) is 1.82. The van der Waals surface area contributed by atoms with Crippen molar-refractivity contribution in [1.29, 1.82) is 0 Å². The molecule has 0 aliphatic heterocycles. The van der Waals surface area contributed by atoms with Gasteiger partial charge in [-0.2, -0.15) is 0 Å². The Bertz CT molecular complexity index is 279. The molecule has 14 heavy (non-hydrogen) atoms. The Morgan fingerprint density at radius 2 is 2.00 bits per heavy atom. The van der Waals surface area contributed by atoms with Gasteiger partial charge in [0.1, 0.15) is 18.2 Å². The van der Waals surface area contributed by atoms with Crippen molar-refractivity contribution in [2.75, 3.05) is 27.2 Å². The zero-order valence-electron chi connectivity index (χ0n) is 8.88. The standard InChI is InChI=1S/C11H16FNO/c1-9-6-10(12)8-11(7-9)14-5-4-13(2)3/h6-8H,4-5H2,1-3H3. The van der Waals surface area contributed by atoms with E-state index in [9.17, 15) is 4.39 Å². The zero-order chi connectivity index (χ0) is 10.6. The van der Waals surface area contributed by atoms with Crippen LogP contribution in [0.1, 0.15) is 5.56 Å². The average molecular weight is 197 g/mol. The van der Waals surface area contributed by atoms with Gasteiger partial charge in [0, 0.05) is 12.6 Å². The highest BCUT2D eigenvalue weighted by Crippen LogP contribution is 2.15. The zero-order valence-corrected chi connectivity index (χ0v) is 8.88. The molecule has 0 aliphatic rings. The second kappa shape index (κ2) is 4.96. The summed E-state index contributed by atoms with van der Waals surface area (Å²) in [7, 11) is 3.94. The quantitative estimate of drug-likeness (QED) is 0.732. The number of nitrogens with zero attached hydrogens (tertiary/aromatic N) is 1. The van der Waals surface area contributed by atoms with Crippen molar-refractivity contribution >= 4 is 0 Å². The topological polar surface area (TPSA) is 12.5 Å². The summed E-state index contributed by atoms with van der Waals surface area (Å²) in [6.45, 7) is 3.26. The smallest absolute Gasteiger partial charge is 0.127 e. The van der Waals surface area contributed by atoms with E-state index in [2.05, 4.69) is 0 Å². The molecule has 0 radical (unpaired) electrons. The molecular formula is C11H16FNO. The van der Waals surface area contributed by atoms with Gasteiger partial charge in [0.15, 0.2) is 0 Å². The summed E-state index contributed by atoms with van der Waals surface area (Å²) in [6.07, 6.45) is 0. The lowest BCUT2D eigenvalue weighted by Crippen LogP contribution is -2.19. The fourth-order valence-electron chi connectivity index (χ4n) is 1.13. The van der Waals surface area contributed by atoms with Gasteiger partial charge in [-0.05, 0) is 38.7 Å². The second-order valence-electron chi connectivity index (χ2n) is 3.62. The van der Waals surface area contributed by atoms with E-state index >= 15 is 0 Å². The summed E-state index contributed by atoms with van der Waals surface area (Å²) in [5.74, 6) is 0.356. The average Bonchev–Trinajstić information content (AvgIpc) is 2.01. The molecule has 0 atom stereocenters. The van der Waals surface area contributed by atoms with Crippen LogP contribution in [0.3, 0.4) is 0 Å². The number of hydrogen-bond donors (Lipinski definition) is 0. The van der Waals surface area contributed by atoms with E-state index in [0.717, 1.165) is 12.1 Å². The van der Waals surface area contributed by atoms with Crippen molar-refractivity contribution in [1.82, 2.24) is 4.90 Å². The molecular weight excluding hydrogens is 181 g/mol. The minimum absolute atomic E-state index is 0.246. The first-order chi connectivity index (χ1) is 6.58. The number of rotatable bonds is 4. The maximum atomic E-state index is 12.9. The van der Waals surface area contributed by atoms with Crippen LogP contribution in [0.25, 0.3) is 0 Å². The Balaban J connectivity index is 2.50. The summed E-state index contributed by atoms with van der Waals surface area (Å²) < 4.78 is 18.3. The summed E-state index contributed by atoms with van der Waals surface area (Å²) >= 11 is 0. The molecule has 0 amide bonds. The van der Waals surface area contributed by atoms with Crippen molar-refractivity contribution in [2.24, 2.45) is 0 Å². The maximum Gasteiger partial charge on any atom is 0.127 e. The maximum absolute atomic E-state index is 12.9. The van der Waals surface area contributed by atoms with Crippen LogP contribution in [0.2, 0.25) is 0 Å². The highest BCUT2D eigenvalue weighted by Gasteiger charge is 1.99. The molecule has 0 heterocycles. The van der Waals surface area contributed by atoms with Gasteiger partial charge >= 0.3 is 0 Å². The monoisotopic (exact) mass is 197 g/mol. The Morgan fingerprint density at radius 1 is 1.29 bits per heavy atom. The van der Waals surface area contributed by atoms with Gasteiger partial charge in [-0.15, -0.1) is 0 Å². The van der Waals surface area contributed by atoms with E-state index < -0.39 is 0 Å². The Morgan fingerprint density at radius 3 is 2.57 bits per heavy atom. The van der Waals surface area contributed by atoms with E-state index in [1.54, 1.807) is 0 Å². The predicted octanol–water partition coefficient (Wildman–Crippen LogP) is 2.07. The van der Waals surface area contributed by atoms with Gasteiger partial charge in [-0.25, -0.2) is 4.39 Å². The summed E-state index contributed by atoms with van der Waals surface area (Å²) in [5.41, 5.74) is 0.879. The molecule has 0 saturated heterocycles. The molecule has 0 aliphatic carbocycles. The summed E-state index contributed by atoms with van der Waals surface area (Å²) in [4.78, 5) is 2.02. The lowest BCUT2D eigenvalue weighted by molar-refractivity contribution is 0.260. The van der Waals surface area contributed by atoms with Crippen molar-refractivity contribution in [3.05, 3.63) is 29.6 Å². The summed E-state index contributed by atoms with van der Waals surface area (Å²) in [5, 5.41) is 0. The molecule has 2 nitrogen and oxygen atoms in total. The van der Waals surface area contributed by atoms with Crippen LogP contribution in [0.5, 0.6) is 5.75 Å². The molecule has 1 aromatic rings. The van der Waals surface area contributed by atoms with Crippen LogP contribution in [0.4, 0.5) is 4.39 Å². The lowest BCUT2D eigenvalue weighted by atomic mass is 10.2. The van der Waals surface area contributed by atoms with Gasteiger partial charge in [0.2, 0.25) is 0 Å². The van der Waals surface area contributed by atoms with E-state index in [1.165, 1.54) is 12.1 Å². The number of halogens is 1. The second-order valence-corrected chi connectivity index (χ2v) is 3.62. The largest absolute Gasteiger partial charge is 0.492 e. The number of aryl methyl sites for hydroxylation is 1. The summed E-state index contributed by atoms with van der Waals surface area (Å²) in [6, 6.07) is 4.72. The number of hydrogen-bond acceptors (Lipinski definition) is 2. The van der Waals surface area contributed by atoms with Crippen LogP contribution >= 0.6 is 0 Å². The highest BCUT2D eigenvalue weighted by molar-refractivity contribution is 5.28. The van der Waals surface area contributed by atoms with Crippen molar-refractivity contribution in [3.63, 3.8) is 0 Å². The van der Waals surface area contributed by atoms with Crippen molar-refractivity contribution in [3.8, 4) is 5.75 Å². The Kier molecular flexibility index (Phi) is 3.89. The molecule has 0 fully saturated rings. The predicted molar refractivity (Wildman–Crippen MR) is 55.2 cm³/mol. The minimum atomic E-state index is -0.246. The first kappa shape index (κ1) is 11.0. The van der Waals surface area contributed by atoms with Crippen LogP contribution in [0.15, 0.2) is 18.2 Å². The molecule has 0 spiro atoms. The van der Waals surface area contributed by atoms with Gasteiger partial charge in [0.25, 0.3) is 0 Å². The lowest BCUT2D eigenvalue weighted by Gasteiger charge is -2.11. The first-order valence-electron chi connectivity index (χ1n) is 4.62. The van der Waals surface area contributed by atoms with E-state index in [-0.39, 0.29) is 5.82 Å². The Labute approximate surface area is 84.3 Å². The SMILES string of the molecule is Cc1cc(F)cc(OCCN(C)C)c1. The third-order valence-electron chi connectivity index (χ3n) is 1.82. The van der Waals surface area contributed by atoms with E-state index in [4.69, 9.17) is 4.74 Å². The van der Waals surface area contributed by atoms with Crippen molar-refractivity contribution < 1.29 is 9.13 Å². The fraction of sp³-hybridized carbons (Fsp3) is 0.455. The van der Waals surface area contributed by atoms with Crippen LogP contribution in [0, 0.1) is 12.7 Å². The molecule has 0 N–H and O–H groups in total. The van der Waals surface area contributed by atoms with Gasteiger partial charge in [0.05, 0.1) is 0 Å². The van der Waals surface area contributed by atoms with Crippen LogP contribution < -0.4 is 4.74 Å². The number of likely N-dealkylation sites (N-methyl/N-ethyl adjacent to an activating group) is 1. The van der Waals surface area contributed by atoms with Crippen molar-refractivity contribution in [2.45, 2.75) is 6.92 Å². The highest BCUT2D eigenvalue weighted by atomic mass is 19.1. The molecule has 78 valence electrons. The molecule has 0 bridgehead atoms. The van der Waals surface area contributed by atoms with Crippen LogP contribution in [-0.2, 0) is 0 Å². The molecule has 1 aromatic carbocycles. The first-order valence-corrected chi connectivity index (χ1v) is 4.62. The molecule has 3 heteroatoms. The molecule has 0 saturated carbocycles. The fourth-order valence-corrected chi connectivity index (χ4v) is 1.13. The molecule has 0 aromatic heterocycles. The van der Waals surface area contributed by atoms with Gasteiger partial charge in [-0.3, -0.25) is 0 Å². The Hall–Kier alpha value is -1.09. The van der Waals surface area contributed by atoms with Gasteiger partial charge < -0.3 is 9.64 Å². The normalized spacial score (nSPS) is 10.6. The number of benzene rings is 1. The molecule has 0 unspecified atom stereocenters. The molecule has 1 rings (SSSR count).